The first-order valence-electron chi connectivity index (χ1n) is 5.97. The van der Waals surface area contributed by atoms with Crippen LogP contribution in [0.1, 0.15) is 26.0 Å². The highest BCUT2D eigenvalue weighted by atomic mass is 32.1. The van der Waals surface area contributed by atoms with Crippen LogP contribution in [0.4, 0.5) is 0 Å². The average Bonchev–Trinajstić information content (AvgIpc) is 2.73. The van der Waals surface area contributed by atoms with Gasteiger partial charge < -0.3 is 11.1 Å². The van der Waals surface area contributed by atoms with Gasteiger partial charge in [-0.2, -0.15) is 5.10 Å². The normalized spacial score (nSPS) is 13.9. The molecule has 100 valence electrons. The number of thiocarbonyl (C=S) groups is 1. The predicted molar refractivity (Wildman–Crippen MR) is 75.1 cm³/mol. The fourth-order valence-corrected chi connectivity index (χ4v) is 1.83. The van der Waals surface area contributed by atoms with Crippen LogP contribution >= 0.6 is 12.2 Å². The van der Waals surface area contributed by atoms with E-state index in [4.69, 9.17) is 18.0 Å². The van der Waals surface area contributed by atoms with Gasteiger partial charge in [0, 0.05) is 31.9 Å². The highest BCUT2D eigenvalue weighted by molar-refractivity contribution is 7.80. The zero-order valence-corrected chi connectivity index (χ0v) is 11.9. The van der Waals surface area contributed by atoms with Crippen LogP contribution in [0, 0.1) is 5.41 Å². The Hall–Kier alpha value is -1.43. The van der Waals surface area contributed by atoms with Crippen molar-refractivity contribution >= 4 is 23.1 Å². The highest BCUT2D eigenvalue weighted by Crippen LogP contribution is 2.21. The number of hydrogen-bond acceptors (Lipinski definition) is 3. The third kappa shape index (κ3) is 3.07. The van der Waals surface area contributed by atoms with Gasteiger partial charge in [-0.15, -0.1) is 0 Å². The van der Waals surface area contributed by atoms with Crippen molar-refractivity contribution in [3.05, 3.63) is 18.0 Å². The Bertz CT molecular complexity index is 443. The van der Waals surface area contributed by atoms with Crippen LogP contribution < -0.4 is 11.1 Å². The zero-order valence-electron chi connectivity index (χ0n) is 11.1. The Balaban J connectivity index is 2.51. The number of hydrogen-bond donors (Lipinski definition) is 2. The molecule has 0 spiro atoms. The van der Waals surface area contributed by atoms with Crippen molar-refractivity contribution in [2.75, 3.05) is 6.54 Å². The maximum absolute atomic E-state index is 12.0. The molecule has 1 rings (SSSR count). The van der Waals surface area contributed by atoms with Gasteiger partial charge in [-0.25, -0.2) is 0 Å². The van der Waals surface area contributed by atoms with Gasteiger partial charge in [0.15, 0.2) is 0 Å². The van der Waals surface area contributed by atoms with Crippen LogP contribution in [0.3, 0.4) is 0 Å². The van der Waals surface area contributed by atoms with E-state index in [1.54, 1.807) is 17.8 Å². The van der Waals surface area contributed by atoms with Gasteiger partial charge in [0.05, 0.1) is 10.4 Å². The molecule has 3 N–H and O–H groups in total. The summed E-state index contributed by atoms with van der Waals surface area (Å²) < 4.78 is 1.79. The number of nitrogens with two attached hydrogens (primary N) is 1. The summed E-state index contributed by atoms with van der Waals surface area (Å²) in [5.41, 5.74) is 5.94. The van der Waals surface area contributed by atoms with Crippen LogP contribution in [0.15, 0.2) is 12.3 Å². The number of nitrogens with zero attached hydrogens (tertiary/aromatic N) is 2. The van der Waals surface area contributed by atoms with E-state index in [9.17, 15) is 4.79 Å². The molecule has 1 aromatic rings. The van der Waals surface area contributed by atoms with Crippen LogP contribution in [-0.2, 0) is 18.3 Å². The quantitative estimate of drug-likeness (QED) is 0.748. The first-order valence-corrected chi connectivity index (χ1v) is 6.37. The Morgan fingerprint density at radius 1 is 1.67 bits per heavy atom. The van der Waals surface area contributed by atoms with E-state index in [1.165, 1.54) is 0 Å². The molecule has 0 aliphatic carbocycles. The maximum atomic E-state index is 12.0. The van der Waals surface area contributed by atoms with E-state index in [1.807, 2.05) is 20.0 Å². The van der Waals surface area contributed by atoms with Gasteiger partial charge in [0.2, 0.25) is 5.91 Å². The van der Waals surface area contributed by atoms with Gasteiger partial charge >= 0.3 is 0 Å². The molecule has 18 heavy (non-hydrogen) atoms. The molecule has 0 aliphatic rings. The molecule has 1 unspecified atom stereocenters. The molecule has 1 aromatic heterocycles. The van der Waals surface area contributed by atoms with Crippen LogP contribution in [-0.4, -0.2) is 27.2 Å². The minimum Gasteiger partial charge on any atom is -0.392 e. The molecule has 0 saturated heterocycles. The summed E-state index contributed by atoms with van der Waals surface area (Å²) >= 11 is 4.96. The lowest BCUT2D eigenvalue weighted by Crippen LogP contribution is -2.47. The molecule has 1 amide bonds. The lowest BCUT2D eigenvalue weighted by molar-refractivity contribution is -0.126. The van der Waals surface area contributed by atoms with E-state index >= 15 is 0 Å². The molecular weight excluding hydrogens is 248 g/mol. The van der Waals surface area contributed by atoms with Crippen LogP contribution in [0.25, 0.3) is 0 Å². The minimum absolute atomic E-state index is 0.111. The van der Waals surface area contributed by atoms with Gasteiger partial charge in [-0.3, -0.25) is 9.48 Å². The molecule has 5 nitrogen and oxygen atoms in total. The number of carbonyl (C=O) groups excluding carboxylic acids is 1. The lowest BCUT2D eigenvalue weighted by Gasteiger charge is -2.25. The summed E-state index contributed by atoms with van der Waals surface area (Å²) in [6, 6.07) is 1.93. The largest absolute Gasteiger partial charge is 0.392 e. The molecule has 0 aromatic carbocycles. The van der Waals surface area contributed by atoms with Crippen molar-refractivity contribution in [2.24, 2.45) is 18.2 Å². The number of rotatable bonds is 6. The summed E-state index contributed by atoms with van der Waals surface area (Å²) in [7, 11) is 1.88. The van der Waals surface area contributed by atoms with Crippen molar-refractivity contribution in [3.63, 3.8) is 0 Å². The third-order valence-corrected chi connectivity index (χ3v) is 3.79. The molecule has 0 radical (unpaired) electrons. The summed E-state index contributed by atoms with van der Waals surface area (Å²) in [6.45, 7) is 4.23. The standard InChI is InChI=1S/C12H20N4OS/c1-4-12(2,10(13)18)11(17)14-7-5-9-6-8-15-16(9)3/h6,8H,4-5,7H2,1-3H3,(H2,13,18)(H,14,17). The van der Waals surface area contributed by atoms with E-state index < -0.39 is 5.41 Å². The zero-order chi connectivity index (χ0) is 13.8. The Labute approximate surface area is 113 Å². The van der Waals surface area contributed by atoms with Crippen LogP contribution in [0.2, 0.25) is 0 Å². The van der Waals surface area contributed by atoms with E-state index in [0.29, 0.717) is 13.0 Å². The third-order valence-electron chi connectivity index (χ3n) is 3.34. The van der Waals surface area contributed by atoms with Crippen molar-refractivity contribution < 1.29 is 4.79 Å². The summed E-state index contributed by atoms with van der Waals surface area (Å²) in [5.74, 6) is -0.111. The molecule has 0 aliphatic heterocycles. The molecule has 1 heterocycles. The van der Waals surface area contributed by atoms with Crippen molar-refractivity contribution in [1.82, 2.24) is 15.1 Å². The topological polar surface area (TPSA) is 72.9 Å². The fraction of sp³-hybridized carbons (Fsp3) is 0.583. The Morgan fingerprint density at radius 3 is 2.78 bits per heavy atom. The van der Waals surface area contributed by atoms with Gasteiger partial charge in [0.25, 0.3) is 0 Å². The average molecular weight is 268 g/mol. The summed E-state index contributed by atoms with van der Waals surface area (Å²) in [5, 5.41) is 6.94. The molecule has 0 saturated carbocycles. The fourth-order valence-electron chi connectivity index (χ4n) is 1.59. The SMILES string of the molecule is CCC(C)(C(=O)NCCc1ccnn1C)C(N)=S. The van der Waals surface area contributed by atoms with Gasteiger partial charge in [-0.1, -0.05) is 19.1 Å². The number of nitrogens with one attached hydrogen (secondary N) is 1. The summed E-state index contributed by atoms with van der Waals surface area (Å²) in [6.07, 6.45) is 3.07. The van der Waals surface area contributed by atoms with E-state index in [2.05, 4.69) is 10.4 Å². The predicted octanol–water partition coefficient (Wildman–Crippen LogP) is 0.781. The second kappa shape index (κ2) is 5.95. The first kappa shape index (κ1) is 14.6. The van der Waals surface area contributed by atoms with E-state index in [0.717, 1.165) is 12.1 Å². The van der Waals surface area contributed by atoms with Gasteiger partial charge in [-0.05, 0) is 19.4 Å². The van der Waals surface area contributed by atoms with Crippen molar-refractivity contribution in [1.29, 1.82) is 0 Å². The number of carbonyl (C=O) groups is 1. The molecule has 6 heteroatoms. The molecule has 0 fully saturated rings. The minimum atomic E-state index is -0.762. The highest BCUT2D eigenvalue weighted by Gasteiger charge is 2.34. The maximum Gasteiger partial charge on any atom is 0.232 e. The Kier molecular flexibility index (Phi) is 4.84. The number of amides is 1. The molecule has 1 atom stereocenters. The van der Waals surface area contributed by atoms with Crippen LogP contribution in [0.5, 0.6) is 0 Å². The van der Waals surface area contributed by atoms with Gasteiger partial charge in [0.1, 0.15) is 0 Å². The van der Waals surface area contributed by atoms with Crippen molar-refractivity contribution in [2.45, 2.75) is 26.7 Å². The van der Waals surface area contributed by atoms with E-state index in [-0.39, 0.29) is 10.9 Å². The smallest absolute Gasteiger partial charge is 0.232 e. The Morgan fingerprint density at radius 2 is 2.33 bits per heavy atom. The first-order chi connectivity index (χ1) is 8.41. The lowest BCUT2D eigenvalue weighted by atomic mass is 9.86. The van der Waals surface area contributed by atoms with Crippen molar-refractivity contribution in [3.8, 4) is 0 Å². The molecule has 0 bridgehead atoms. The number of aromatic nitrogens is 2. The monoisotopic (exact) mass is 268 g/mol. The number of aryl methyl sites for hydroxylation is 1. The second-order valence-electron chi connectivity index (χ2n) is 4.50. The second-order valence-corrected chi connectivity index (χ2v) is 4.94. The molecular formula is C12H20N4OS. The summed E-state index contributed by atoms with van der Waals surface area (Å²) in [4.78, 5) is 12.3.